The van der Waals surface area contributed by atoms with Gasteiger partial charge >= 0.3 is 0 Å². The van der Waals surface area contributed by atoms with Gasteiger partial charge in [-0.3, -0.25) is 0 Å². The quantitative estimate of drug-likeness (QED) is 0.155. The minimum Gasteiger partial charge on any atom is -0.456 e. The van der Waals surface area contributed by atoms with Crippen LogP contribution in [0.3, 0.4) is 0 Å². The van der Waals surface area contributed by atoms with E-state index >= 15 is 0 Å². The number of hydrogen-bond donors (Lipinski definition) is 0. The van der Waals surface area contributed by atoms with Gasteiger partial charge in [0.25, 0.3) is 0 Å². The molecule has 0 atom stereocenters. The zero-order valence-electron chi connectivity index (χ0n) is 90.8. The van der Waals surface area contributed by atoms with Crippen LogP contribution >= 0.6 is 0 Å². The largest absolute Gasteiger partial charge is 0.456 e. The van der Waals surface area contributed by atoms with Gasteiger partial charge in [-0.2, -0.15) is 0 Å². The summed E-state index contributed by atoms with van der Waals surface area (Å²) in [6, 6.07) is -44.8. The molecule has 17 rings (SSSR count). The summed E-state index contributed by atoms with van der Waals surface area (Å²) in [7, 11) is 0. The molecular weight excluding hydrogens is 993 g/mol. The number of benzene rings is 15. The molecule has 382 valence electrons. The van der Waals surface area contributed by atoms with E-state index in [1.54, 1.807) is 0 Å². The molecule has 0 bridgehead atoms. The fraction of sp³-hybridized carbons (Fsp3) is 0. The summed E-state index contributed by atoms with van der Waals surface area (Å²) in [5, 5.41) is -8.72. The Morgan fingerprint density at radius 3 is 0.854 bits per heavy atom. The standard InChI is InChI=1S/C42H26O.C38H24O/c1-2-10-27(11-3-1)28-18-19-30-25-31(21-20-29(30)24-28)41-34-13-4-6-15-36(34)42(37-16-7-5-14-35(37)41)32-22-23-40-38(26-32)33-12-8-9-17-39(33)43-40;1-2-11-25(12-3-1)26-13-10-14-27(23-26)37-30-16-4-6-18-32(30)38(33-19-7-5-17-31(33)37)28-21-22-36-34(24-28)29-15-8-9-20-35(29)39-36/h1-26H;1-24H/i1D,2D,3D,4D,5D,6D,7D,8D,9D,10D,11D,12D,13D,14D,15D,16D,17D,18D,19D,20D,21D,22D,23D,24D,25D,26D;1D,2D,3D,4D,5D,6D,7D,8D,9D,10D,11D,12D,13D,14D,15D,16D,17D,18D,19D,20D,21D,22D,23D,24D. The Morgan fingerprint density at radius 2 is 0.439 bits per heavy atom. The van der Waals surface area contributed by atoms with Crippen molar-refractivity contribution < 1.29 is 77.4 Å². The van der Waals surface area contributed by atoms with E-state index in [4.69, 9.17) is 54.1 Å². The molecule has 0 radical (unpaired) electrons. The number of fused-ring (bicyclic) bond motifs is 11. The van der Waals surface area contributed by atoms with E-state index in [-0.39, 0.29) is 0 Å². The second-order valence-corrected chi connectivity index (χ2v) is 17.5. The van der Waals surface area contributed by atoms with Gasteiger partial charge in [0.1, 0.15) is 22.3 Å². The smallest absolute Gasteiger partial charge is 0.135 e. The van der Waals surface area contributed by atoms with E-state index in [9.17, 15) is 23.3 Å². The summed E-state index contributed by atoms with van der Waals surface area (Å²) >= 11 is 0. The fourth-order valence-electron chi connectivity index (χ4n) is 9.57. The van der Waals surface area contributed by atoms with Crippen molar-refractivity contribution in [1.29, 1.82) is 0 Å². The highest BCUT2D eigenvalue weighted by molar-refractivity contribution is 6.24. The summed E-state index contributed by atoms with van der Waals surface area (Å²) in [5.41, 5.74) is -10.8. The molecule has 15 aromatic carbocycles. The summed E-state index contributed by atoms with van der Waals surface area (Å²) in [6.07, 6.45) is 0. The molecule has 82 heavy (non-hydrogen) atoms. The van der Waals surface area contributed by atoms with Crippen molar-refractivity contribution in [1.82, 2.24) is 0 Å². The maximum Gasteiger partial charge on any atom is 0.135 e. The zero-order chi connectivity index (χ0) is 97.6. The van der Waals surface area contributed by atoms with Crippen molar-refractivity contribution in [2.75, 3.05) is 0 Å². The molecule has 0 aliphatic rings. The minimum atomic E-state index is -1.03. The van der Waals surface area contributed by atoms with Crippen LogP contribution in [0.1, 0.15) is 68.5 Å². The van der Waals surface area contributed by atoms with Crippen LogP contribution in [-0.4, -0.2) is 0 Å². The third-order valence-corrected chi connectivity index (χ3v) is 13.0. The second kappa shape index (κ2) is 19.5. The van der Waals surface area contributed by atoms with Crippen molar-refractivity contribution in [3.63, 3.8) is 0 Å². The summed E-state index contributed by atoms with van der Waals surface area (Å²) in [4.78, 5) is 0. The normalized spacial score (nSPS) is 20.2. The lowest BCUT2D eigenvalue weighted by atomic mass is 9.85. The van der Waals surface area contributed by atoms with Crippen LogP contribution in [0.4, 0.5) is 0 Å². The molecule has 0 aliphatic carbocycles. The van der Waals surface area contributed by atoms with Crippen molar-refractivity contribution in [3.05, 3.63) is 302 Å². The first-order valence-corrected chi connectivity index (χ1v) is 24.1. The Morgan fingerprint density at radius 1 is 0.171 bits per heavy atom. The summed E-state index contributed by atoms with van der Waals surface area (Å²) in [6.45, 7) is 0. The van der Waals surface area contributed by atoms with Gasteiger partial charge in [-0.05, 0) is 175 Å². The van der Waals surface area contributed by atoms with Crippen LogP contribution in [0.25, 0.3) is 165 Å². The summed E-state index contributed by atoms with van der Waals surface area (Å²) < 4.78 is 455. The van der Waals surface area contributed by atoms with Crippen molar-refractivity contribution in [3.8, 4) is 66.8 Å². The molecule has 0 spiro atoms. The lowest BCUT2D eigenvalue weighted by Crippen LogP contribution is -1.91. The van der Waals surface area contributed by atoms with E-state index in [0.29, 0.717) is 0 Å². The van der Waals surface area contributed by atoms with Crippen molar-refractivity contribution >= 4 is 97.7 Å². The molecule has 0 aliphatic heterocycles. The Labute approximate surface area is 544 Å². The monoisotopic (exact) mass is 1090 g/mol. The molecule has 0 saturated heterocycles. The van der Waals surface area contributed by atoms with E-state index < -0.39 is 467 Å². The summed E-state index contributed by atoms with van der Waals surface area (Å²) in [5.74, 6) is 0. The first-order chi connectivity index (χ1) is 61.5. The Balaban J connectivity index is 0.000000193. The SMILES string of the molecule is [2H]c1c([2H])c([2H])c(-c2c([2H])c([2H])c([2H])c(-c3c4c([2H])c([2H])c([2H])c([2H])c4c(-c4c([2H])c([2H])c5oc6c([2H])c([2H])c([2H])c([2H])c6c5c4[2H])c4c([2H])c([2H])c([2H])c([2H])c34)c2[2H])c([2H])c1[2H].[2H]c1c([2H])c([2H])c(-c2c([2H])c([2H])c3c([2H])c(-c4c5c([2H])c([2H])c([2H])c([2H])c5c(-c5c([2H])c([2H])c6oc7c([2H])c([2H])c([2H])c([2H])c7c6c5[2H])c5c([2H])c([2H])c([2H])c([2H])c45)c([2H])c([2H])c3c2[2H])c([2H])c1[2H]. The lowest BCUT2D eigenvalue weighted by molar-refractivity contribution is 0.668. The molecule has 0 amide bonds. The highest BCUT2D eigenvalue weighted by Gasteiger charge is 2.21. The van der Waals surface area contributed by atoms with Crippen LogP contribution < -0.4 is 0 Å². The van der Waals surface area contributed by atoms with Gasteiger partial charge in [0, 0.05) is 21.5 Å². The molecule has 0 fully saturated rings. The van der Waals surface area contributed by atoms with Gasteiger partial charge in [0.05, 0.1) is 68.5 Å². The molecule has 0 saturated carbocycles. The van der Waals surface area contributed by atoms with Crippen LogP contribution in [0, 0.1) is 0 Å². The van der Waals surface area contributed by atoms with Gasteiger partial charge in [-0.25, -0.2) is 0 Å². The van der Waals surface area contributed by atoms with E-state index in [1.165, 1.54) is 0 Å². The van der Waals surface area contributed by atoms with Crippen molar-refractivity contribution in [2.45, 2.75) is 0 Å². The maximum atomic E-state index is 9.64. The number of furan rings is 2. The molecule has 17 aromatic rings. The third-order valence-electron chi connectivity index (χ3n) is 13.0. The Hall–Kier alpha value is -10.8. The third kappa shape index (κ3) is 7.95. The topological polar surface area (TPSA) is 26.3 Å². The first kappa shape index (κ1) is 18.9. The highest BCUT2D eigenvalue weighted by Crippen LogP contribution is 2.48. The predicted octanol–water partition coefficient (Wildman–Crippen LogP) is 22.9. The van der Waals surface area contributed by atoms with Crippen LogP contribution in [0.15, 0.2) is 311 Å². The van der Waals surface area contributed by atoms with Crippen LogP contribution in [0.2, 0.25) is 0 Å². The molecule has 2 heteroatoms. The molecule has 0 unspecified atom stereocenters. The van der Waals surface area contributed by atoms with Gasteiger partial charge in [-0.15, -0.1) is 0 Å². The molecule has 2 heterocycles. The van der Waals surface area contributed by atoms with Gasteiger partial charge in [-0.1, -0.05) is 248 Å². The van der Waals surface area contributed by atoms with Crippen LogP contribution in [-0.2, 0) is 0 Å². The van der Waals surface area contributed by atoms with Gasteiger partial charge in [0.15, 0.2) is 0 Å². The second-order valence-electron chi connectivity index (χ2n) is 17.5. The Kier molecular flexibility index (Phi) is 4.50. The van der Waals surface area contributed by atoms with E-state index in [0.717, 1.165) is 0 Å². The average molecular weight is 1090 g/mol. The van der Waals surface area contributed by atoms with E-state index in [2.05, 4.69) is 0 Å². The molecule has 0 N–H and O–H groups in total. The Bertz CT molecular complexity index is 8220. The highest BCUT2D eigenvalue weighted by atomic mass is 16.3. The van der Waals surface area contributed by atoms with Gasteiger partial charge in [0.2, 0.25) is 0 Å². The molecule has 2 nitrogen and oxygen atoms in total. The number of rotatable bonds is 6. The first-order valence-electron chi connectivity index (χ1n) is 49.1. The predicted molar refractivity (Wildman–Crippen MR) is 348 cm³/mol. The number of para-hydroxylation sites is 2. The maximum absolute atomic E-state index is 9.64. The fourth-order valence-corrected chi connectivity index (χ4v) is 9.57. The molecular formula is C80H50O2. The minimum absolute atomic E-state index is 0.402. The van der Waals surface area contributed by atoms with E-state index in [1.807, 2.05) is 0 Å². The van der Waals surface area contributed by atoms with Gasteiger partial charge < -0.3 is 8.83 Å². The number of hydrogen-bond acceptors (Lipinski definition) is 2. The van der Waals surface area contributed by atoms with Crippen molar-refractivity contribution in [2.24, 2.45) is 0 Å². The molecule has 2 aromatic heterocycles. The van der Waals surface area contributed by atoms with Crippen LogP contribution in [0.5, 0.6) is 0 Å². The zero-order valence-corrected chi connectivity index (χ0v) is 40.8. The average Bonchev–Trinajstić information content (AvgIpc) is 0.886. The lowest BCUT2D eigenvalue weighted by Gasteiger charge is -2.18.